The van der Waals surface area contributed by atoms with E-state index >= 15 is 0 Å². The van der Waals surface area contributed by atoms with E-state index < -0.39 is 34.0 Å². The first kappa shape index (κ1) is 13.9. The molecule has 2 atom stereocenters. The molecule has 0 aromatic heterocycles. The van der Waals surface area contributed by atoms with Crippen molar-refractivity contribution in [1.82, 2.24) is 9.62 Å². The van der Waals surface area contributed by atoms with Gasteiger partial charge in [-0.15, -0.1) is 0 Å². The predicted molar refractivity (Wildman–Crippen MR) is 59.8 cm³/mol. The van der Waals surface area contributed by atoms with Crippen LogP contribution in [0.2, 0.25) is 0 Å². The van der Waals surface area contributed by atoms with E-state index in [4.69, 9.17) is 5.11 Å². The quantitative estimate of drug-likeness (QED) is 0.677. The van der Waals surface area contributed by atoms with E-state index in [1.54, 1.807) is 0 Å². The zero-order chi connectivity index (χ0) is 13.2. The van der Waals surface area contributed by atoms with E-state index in [0.29, 0.717) is 19.4 Å². The largest absolute Gasteiger partial charge is 0.480 e. The Labute approximate surface area is 99.8 Å². The van der Waals surface area contributed by atoms with E-state index in [9.17, 15) is 18.0 Å². The van der Waals surface area contributed by atoms with Crippen molar-refractivity contribution in [1.29, 1.82) is 0 Å². The molecule has 17 heavy (non-hydrogen) atoms. The first-order chi connectivity index (χ1) is 7.73. The van der Waals surface area contributed by atoms with Crippen LogP contribution in [-0.4, -0.2) is 54.6 Å². The topological polar surface area (TPSA) is 104 Å². The summed E-state index contributed by atoms with van der Waals surface area (Å²) in [5, 5.41) is 10.9. The van der Waals surface area contributed by atoms with Crippen LogP contribution in [0.1, 0.15) is 19.8 Å². The Balaban J connectivity index is 2.72. The Kier molecular flexibility index (Phi) is 4.10. The highest BCUT2D eigenvalue weighted by Gasteiger charge is 2.37. The lowest BCUT2D eigenvalue weighted by Crippen LogP contribution is -2.49. The number of carbonyl (C=O) groups excluding carboxylic acids is 1. The van der Waals surface area contributed by atoms with Crippen molar-refractivity contribution in [3.8, 4) is 0 Å². The molecule has 0 aromatic carbocycles. The fourth-order valence-electron chi connectivity index (χ4n) is 1.77. The number of hydrogen-bond donors (Lipinski definition) is 2. The molecule has 0 radical (unpaired) electrons. The molecule has 0 saturated carbocycles. The molecule has 1 heterocycles. The smallest absolute Gasteiger partial charge is 0.325 e. The molecule has 98 valence electrons. The van der Waals surface area contributed by atoms with Gasteiger partial charge in [0, 0.05) is 6.54 Å². The summed E-state index contributed by atoms with van der Waals surface area (Å²) < 4.78 is 23.9. The molecule has 2 N–H and O–H groups in total. The fraction of sp³-hybridized carbons (Fsp3) is 0.778. The molecule has 1 rings (SSSR count). The Hall–Kier alpha value is -1.15. The lowest BCUT2D eigenvalue weighted by atomic mass is 10.2. The van der Waals surface area contributed by atoms with E-state index in [1.165, 1.54) is 6.92 Å². The van der Waals surface area contributed by atoms with Crippen molar-refractivity contribution in [3.05, 3.63) is 0 Å². The summed E-state index contributed by atoms with van der Waals surface area (Å²) in [6, 6.07) is -1.81. The van der Waals surface area contributed by atoms with Gasteiger partial charge in [-0.2, -0.15) is 4.31 Å². The standard InChI is InChI=1S/C9H16N2O5S/c1-6(9(13)14)10-8(12)7-4-3-5-11(7)17(2,15)16/h6-7H,3-5H2,1-2H3,(H,10,12)(H,13,14)/t6-,7?/m1/s1. The second-order valence-electron chi connectivity index (χ2n) is 4.10. The van der Waals surface area contributed by atoms with Gasteiger partial charge in [0.15, 0.2) is 0 Å². The highest BCUT2D eigenvalue weighted by atomic mass is 32.2. The Morgan fingerprint density at radius 3 is 2.53 bits per heavy atom. The van der Waals surface area contributed by atoms with Crippen LogP contribution >= 0.6 is 0 Å². The van der Waals surface area contributed by atoms with Gasteiger partial charge in [0.1, 0.15) is 12.1 Å². The number of carboxylic acids is 1. The van der Waals surface area contributed by atoms with Crippen LogP contribution in [0.25, 0.3) is 0 Å². The van der Waals surface area contributed by atoms with Crippen LogP contribution in [0.5, 0.6) is 0 Å². The summed E-state index contributed by atoms with van der Waals surface area (Å²) in [4.78, 5) is 22.3. The SMILES string of the molecule is C[C@@H](NC(=O)C1CCCN1S(C)(=O)=O)C(=O)O. The molecule has 1 saturated heterocycles. The molecule has 7 nitrogen and oxygen atoms in total. The number of aliphatic carboxylic acids is 1. The second kappa shape index (κ2) is 5.01. The first-order valence-electron chi connectivity index (χ1n) is 5.23. The molecule has 0 bridgehead atoms. The molecule has 1 aliphatic heterocycles. The number of sulfonamides is 1. The Bertz CT molecular complexity index is 419. The summed E-state index contributed by atoms with van der Waals surface area (Å²) in [6.45, 7) is 1.64. The average Bonchev–Trinajstić information content (AvgIpc) is 2.64. The molecule has 1 amide bonds. The number of rotatable bonds is 4. The Morgan fingerprint density at radius 1 is 1.47 bits per heavy atom. The zero-order valence-corrected chi connectivity index (χ0v) is 10.5. The number of carboxylic acid groups (broad SMARTS) is 1. The highest BCUT2D eigenvalue weighted by molar-refractivity contribution is 7.88. The number of nitrogens with one attached hydrogen (secondary N) is 1. The van der Waals surface area contributed by atoms with Crippen molar-refractivity contribution in [2.45, 2.75) is 31.8 Å². The van der Waals surface area contributed by atoms with Gasteiger partial charge in [-0.3, -0.25) is 9.59 Å². The maximum atomic E-state index is 11.7. The van der Waals surface area contributed by atoms with Gasteiger partial charge in [-0.25, -0.2) is 8.42 Å². The number of carbonyl (C=O) groups is 2. The minimum atomic E-state index is -3.43. The first-order valence-corrected chi connectivity index (χ1v) is 7.08. The third-order valence-electron chi connectivity index (χ3n) is 2.66. The van der Waals surface area contributed by atoms with Crippen molar-refractivity contribution in [2.75, 3.05) is 12.8 Å². The average molecular weight is 264 g/mol. The molecule has 0 aromatic rings. The summed E-state index contributed by atoms with van der Waals surface area (Å²) in [5.74, 6) is -1.70. The van der Waals surface area contributed by atoms with Crippen LogP contribution in [-0.2, 0) is 19.6 Å². The van der Waals surface area contributed by atoms with Gasteiger partial charge in [0.05, 0.1) is 6.26 Å². The molecule has 0 aliphatic carbocycles. The van der Waals surface area contributed by atoms with Crippen LogP contribution in [0, 0.1) is 0 Å². The van der Waals surface area contributed by atoms with Crippen molar-refractivity contribution in [3.63, 3.8) is 0 Å². The summed E-state index contributed by atoms with van der Waals surface area (Å²) in [5.41, 5.74) is 0. The van der Waals surface area contributed by atoms with E-state index in [-0.39, 0.29) is 0 Å². The van der Waals surface area contributed by atoms with Gasteiger partial charge in [0.25, 0.3) is 0 Å². The van der Waals surface area contributed by atoms with Crippen LogP contribution < -0.4 is 5.32 Å². The van der Waals surface area contributed by atoms with Crippen molar-refractivity contribution < 1.29 is 23.1 Å². The van der Waals surface area contributed by atoms with Gasteiger partial charge >= 0.3 is 5.97 Å². The highest BCUT2D eigenvalue weighted by Crippen LogP contribution is 2.20. The molecular formula is C9H16N2O5S. The van der Waals surface area contributed by atoms with Crippen molar-refractivity contribution >= 4 is 21.9 Å². The van der Waals surface area contributed by atoms with Gasteiger partial charge in [-0.05, 0) is 19.8 Å². The number of nitrogens with zero attached hydrogens (tertiary/aromatic N) is 1. The van der Waals surface area contributed by atoms with Crippen LogP contribution in [0.4, 0.5) is 0 Å². The molecule has 0 spiro atoms. The lowest BCUT2D eigenvalue weighted by Gasteiger charge is -2.22. The Morgan fingerprint density at radius 2 is 2.06 bits per heavy atom. The summed E-state index contributed by atoms with van der Waals surface area (Å²) in [7, 11) is -3.43. The zero-order valence-electron chi connectivity index (χ0n) is 9.71. The lowest BCUT2D eigenvalue weighted by molar-refractivity contribution is -0.141. The normalized spacial score (nSPS) is 23.3. The summed E-state index contributed by atoms with van der Waals surface area (Å²) in [6.07, 6.45) is 2.07. The van der Waals surface area contributed by atoms with E-state index in [0.717, 1.165) is 10.6 Å². The minimum absolute atomic E-state index is 0.304. The third kappa shape index (κ3) is 3.40. The molecule has 8 heteroatoms. The van der Waals surface area contributed by atoms with Gasteiger partial charge in [0.2, 0.25) is 15.9 Å². The maximum absolute atomic E-state index is 11.7. The van der Waals surface area contributed by atoms with Crippen LogP contribution in [0.15, 0.2) is 0 Å². The number of amides is 1. The molecular weight excluding hydrogens is 248 g/mol. The van der Waals surface area contributed by atoms with Crippen molar-refractivity contribution in [2.24, 2.45) is 0 Å². The van der Waals surface area contributed by atoms with Gasteiger partial charge in [-0.1, -0.05) is 0 Å². The van der Waals surface area contributed by atoms with Crippen LogP contribution in [0.3, 0.4) is 0 Å². The molecule has 1 fully saturated rings. The predicted octanol–water partition coefficient (Wildman–Crippen LogP) is -1.00. The minimum Gasteiger partial charge on any atom is -0.480 e. The molecule has 1 aliphatic rings. The third-order valence-corrected chi connectivity index (χ3v) is 3.95. The van der Waals surface area contributed by atoms with Gasteiger partial charge < -0.3 is 10.4 Å². The summed E-state index contributed by atoms with van der Waals surface area (Å²) >= 11 is 0. The fourth-order valence-corrected chi connectivity index (χ4v) is 2.89. The molecule has 1 unspecified atom stereocenters. The van der Waals surface area contributed by atoms with E-state index in [2.05, 4.69) is 5.32 Å². The second-order valence-corrected chi connectivity index (χ2v) is 6.04. The monoisotopic (exact) mass is 264 g/mol. The number of hydrogen-bond acceptors (Lipinski definition) is 4. The van der Waals surface area contributed by atoms with E-state index in [1.807, 2.05) is 0 Å². The maximum Gasteiger partial charge on any atom is 0.325 e.